The van der Waals surface area contributed by atoms with Gasteiger partial charge in [0.2, 0.25) is 5.88 Å². The van der Waals surface area contributed by atoms with E-state index in [2.05, 4.69) is 15.7 Å². The normalized spacial score (nSPS) is 17.9. The van der Waals surface area contributed by atoms with Gasteiger partial charge in [-0.05, 0) is 58.2 Å². The van der Waals surface area contributed by atoms with Crippen LogP contribution >= 0.6 is 0 Å². The lowest BCUT2D eigenvalue weighted by Gasteiger charge is -2.45. The van der Waals surface area contributed by atoms with Crippen LogP contribution in [0.4, 0.5) is 24.1 Å². The lowest BCUT2D eigenvalue weighted by molar-refractivity contribution is 0.0131. The summed E-state index contributed by atoms with van der Waals surface area (Å²) in [7, 11) is -3.04. The van der Waals surface area contributed by atoms with E-state index < -0.39 is 52.4 Å². The van der Waals surface area contributed by atoms with Crippen LogP contribution in [-0.4, -0.2) is 56.1 Å². The van der Waals surface area contributed by atoms with Crippen LogP contribution in [0.15, 0.2) is 108 Å². The molecule has 0 spiro atoms. The fourth-order valence-corrected chi connectivity index (χ4v) is 9.86. The minimum absolute atomic E-state index is 0.0196. The van der Waals surface area contributed by atoms with E-state index in [4.69, 9.17) is 9.47 Å². The number of amides is 3. The molecular weight excluding hydrogens is 715 g/mol. The lowest BCUT2D eigenvalue weighted by Crippen LogP contribution is -2.55. The Balaban J connectivity index is 1.36. The zero-order chi connectivity index (χ0) is 37.7. The van der Waals surface area contributed by atoms with Crippen LogP contribution in [0.25, 0.3) is 0 Å². The minimum atomic E-state index is -4.47. The number of benzene rings is 4. The summed E-state index contributed by atoms with van der Waals surface area (Å²) in [5.41, 5.74) is 2.61. The van der Waals surface area contributed by atoms with Gasteiger partial charge in [-0.15, -0.1) is 0 Å². The van der Waals surface area contributed by atoms with E-state index in [-0.39, 0.29) is 29.6 Å². The van der Waals surface area contributed by atoms with Crippen LogP contribution in [0.2, 0.25) is 0 Å². The number of aryl methyl sites for hydroxylation is 1. The summed E-state index contributed by atoms with van der Waals surface area (Å²) >= 11 is 0. The number of urea groups is 1. The largest absolute Gasteiger partial charge is 0.473 e. The molecule has 0 radical (unpaired) electrons. The van der Waals surface area contributed by atoms with Crippen LogP contribution in [0, 0.1) is 4.78 Å². The number of alkyl halides is 2. The molecule has 1 aliphatic heterocycles. The summed E-state index contributed by atoms with van der Waals surface area (Å²) in [5, 5.41) is 9.78. The number of carbonyl (C=O) groups excluding carboxylic acids is 2. The van der Waals surface area contributed by atoms with E-state index in [0.717, 1.165) is 21.9 Å². The fraction of sp³-hybridized carbons (Fsp3) is 0.275. The highest BCUT2D eigenvalue weighted by Crippen LogP contribution is 2.48. The molecule has 0 fully saturated rings. The number of nitrogens with one attached hydrogen (secondary N) is 3. The van der Waals surface area contributed by atoms with Crippen LogP contribution < -0.4 is 15.4 Å². The van der Waals surface area contributed by atoms with Gasteiger partial charge in [-0.3, -0.25) is 0 Å². The maximum absolute atomic E-state index is 15.9. The van der Waals surface area contributed by atoms with Crippen molar-refractivity contribution >= 4 is 27.7 Å². The molecule has 3 N–H and O–H groups in total. The molecule has 2 heterocycles. The maximum atomic E-state index is 15.9. The van der Waals surface area contributed by atoms with E-state index in [1.165, 1.54) is 17.9 Å². The number of fused-ring (bicyclic) bond motifs is 3. The number of aromatic nitrogens is 2. The molecule has 5 aromatic rings. The molecule has 278 valence electrons. The predicted octanol–water partition coefficient (Wildman–Crippen LogP) is 7.07. The number of carbonyl (C=O) groups is 2. The third kappa shape index (κ3) is 5.94. The number of anilines is 1. The molecule has 0 saturated heterocycles. The second kappa shape index (κ2) is 13.6. The monoisotopic (exact) mass is 752 g/mol. The third-order valence-corrected chi connectivity index (χ3v) is 12.2. The average Bonchev–Trinajstić information content (AvgIpc) is 3.91. The standard InChI is InChI=1S/C40H38F2N6O5S/c1-44-38(50)53-31-24-47-36(52-25-31)34(23-45-47)54(43,51)48(37(49)46-35-32-19-11-12-26(32)20-27-21-39(41,42)22-33(27)35)40(28-13-5-2-6-14-28,29-15-7-3-8-16-29)30-17-9-4-10-18-30/h2-10,13-18,20,23,31,43H,11-12,19,21-22,24-25H2,1H3,(H,44,50)(H,46,49)/t31-,54?/m0/s1. The smallest absolute Gasteiger partial charge is 0.407 e. The molecule has 3 aliphatic rings. The Morgan fingerprint density at radius 1 is 0.944 bits per heavy atom. The molecule has 11 nitrogen and oxygen atoms in total. The first-order valence-electron chi connectivity index (χ1n) is 17.7. The van der Waals surface area contributed by atoms with Gasteiger partial charge in [-0.25, -0.2) is 36.3 Å². The van der Waals surface area contributed by atoms with Gasteiger partial charge in [-0.1, -0.05) is 97.1 Å². The zero-order valence-electron chi connectivity index (χ0n) is 29.4. The van der Waals surface area contributed by atoms with Gasteiger partial charge in [0.15, 0.2) is 16.0 Å². The van der Waals surface area contributed by atoms with Crippen molar-refractivity contribution in [3.8, 4) is 5.88 Å². The third-order valence-electron chi connectivity index (χ3n) is 10.4. The van der Waals surface area contributed by atoms with Gasteiger partial charge in [0.1, 0.15) is 17.0 Å². The first-order chi connectivity index (χ1) is 26.0. The van der Waals surface area contributed by atoms with Gasteiger partial charge in [-0.2, -0.15) is 5.10 Å². The van der Waals surface area contributed by atoms with Crippen molar-refractivity contribution in [2.45, 2.75) is 61.1 Å². The van der Waals surface area contributed by atoms with Gasteiger partial charge >= 0.3 is 12.1 Å². The van der Waals surface area contributed by atoms with E-state index in [0.29, 0.717) is 40.7 Å². The lowest BCUT2D eigenvalue weighted by atomic mass is 9.77. The van der Waals surface area contributed by atoms with Crippen LogP contribution in [0.1, 0.15) is 45.4 Å². The van der Waals surface area contributed by atoms with E-state index in [1.807, 2.05) is 24.3 Å². The van der Waals surface area contributed by atoms with E-state index in [9.17, 15) is 9.57 Å². The first-order valence-corrected chi connectivity index (χ1v) is 19.2. The Bertz CT molecular complexity index is 2240. The van der Waals surface area contributed by atoms with Crippen LogP contribution in [0.3, 0.4) is 0 Å². The molecule has 2 aliphatic carbocycles. The Kier molecular flexibility index (Phi) is 8.87. The summed E-state index contributed by atoms with van der Waals surface area (Å²) in [6.07, 6.45) is 0.899. The fourth-order valence-electron chi connectivity index (χ4n) is 8.09. The van der Waals surface area contributed by atoms with Crippen molar-refractivity contribution in [1.82, 2.24) is 19.4 Å². The summed E-state index contributed by atoms with van der Waals surface area (Å²) in [5.74, 6) is -3.01. The van der Waals surface area contributed by atoms with Gasteiger partial charge in [0, 0.05) is 25.6 Å². The van der Waals surface area contributed by atoms with Crippen molar-refractivity contribution in [1.29, 1.82) is 4.78 Å². The molecule has 14 heteroatoms. The molecule has 54 heavy (non-hydrogen) atoms. The summed E-state index contributed by atoms with van der Waals surface area (Å²) < 4.78 is 69.7. The highest BCUT2D eigenvalue weighted by atomic mass is 32.2. The van der Waals surface area contributed by atoms with Crippen molar-refractivity contribution in [3.05, 3.63) is 142 Å². The molecular formula is C40H38F2N6O5S. The van der Waals surface area contributed by atoms with Crippen LogP contribution in [-0.2, 0) is 52.4 Å². The number of ether oxygens (including phenoxy) is 2. The Labute approximate surface area is 311 Å². The number of rotatable bonds is 8. The Hall–Kier alpha value is -5.76. The highest BCUT2D eigenvalue weighted by Gasteiger charge is 2.52. The molecule has 1 aromatic heterocycles. The SMILES string of the molecule is CNC(=O)O[C@@H]1COc2c(S(=N)(=O)N(C(=O)Nc3c4c(cc5c3CC(F)(F)C5)CCC4)C(c3ccccc3)(c3ccccc3)c3ccccc3)cnn2C1. The highest BCUT2D eigenvalue weighted by molar-refractivity contribution is 7.90. The zero-order valence-corrected chi connectivity index (χ0v) is 30.2. The van der Waals surface area contributed by atoms with Gasteiger partial charge in [0.25, 0.3) is 5.92 Å². The summed E-state index contributed by atoms with van der Waals surface area (Å²) in [6, 6.07) is 28.0. The maximum Gasteiger partial charge on any atom is 0.407 e. The second-order valence-electron chi connectivity index (χ2n) is 13.7. The topological polar surface area (TPSA) is 139 Å². The second-order valence-corrected chi connectivity index (χ2v) is 15.6. The van der Waals surface area contributed by atoms with Crippen molar-refractivity contribution < 1.29 is 32.1 Å². The minimum Gasteiger partial charge on any atom is -0.473 e. The van der Waals surface area contributed by atoms with E-state index >= 15 is 17.8 Å². The van der Waals surface area contributed by atoms with Crippen molar-refractivity contribution in [2.24, 2.45) is 0 Å². The Morgan fingerprint density at radius 3 is 2.15 bits per heavy atom. The average molecular weight is 753 g/mol. The molecule has 2 atom stereocenters. The molecule has 8 rings (SSSR count). The van der Waals surface area contributed by atoms with Gasteiger partial charge in [0.05, 0.1) is 12.7 Å². The van der Waals surface area contributed by atoms with Crippen LogP contribution in [0.5, 0.6) is 5.88 Å². The predicted molar refractivity (Wildman–Crippen MR) is 197 cm³/mol. The van der Waals surface area contributed by atoms with Gasteiger partial charge < -0.3 is 20.1 Å². The number of hydrogen-bond acceptors (Lipinski definition) is 7. The number of hydrogen-bond donors (Lipinski definition) is 3. The Morgan fingerprint density at radius 2 is 1.56 bits per heavy atom. The molecule has 0 bridgehead atoms. The molecule has 0 saturated carbocycles. The molecule has 1 unspecified atom stereocenters. The first kappa shape index (κ1) is 35.3. The quantitative estimate of drug-likeness (QED) is 0.145. The van der Waals surface area contributed by atoms with Crippen molar-refractivity contribution in [3.63, 3.8) is 0 Å². The number of alkyl carbamates (subject to hydrolysis) is 1. The molecule has 4 aromatic carbocycles. The number of nitrogens with zero attached hydrogens (tertiary/aromatic N) is 3. The molecule has 3 amide bonds. The summed E-state index contributed by atoms with van der Waals surface area (Å²) in [4.78, 5) is 27.3. The summed E-state index contributed by atoms with van der Waals surface area (Å²) in [6.45, 7) is -0.0757. The van der Waals surface area contributed by atoms with E-state index in [1.54, 1.807) is 72.8 Å². The number of halogens is 2. The van der Waals surface area contributed by atoms with Crippen molar-refractivity contribution in [2.75, 3.05) is 19.0 Å².